The topological polar surface area (TPSA) is 57.5 Å². The fourth-order valence-corrected chi connectivity index (χ4v) is 1.23. The highest BCUT2D eigenvalue weighted by molar-refractivity contribution is 5.72. The Morgan fingerprint density at radius 3 is 2.41 bits per heavy atom. The summed E-state index contributed by atoms with van der Waals surface area (Å²) >= 11 is 0. The summed E-state index contributed by atoms with van der Waals surface area (Å²) in [5, 5.41) is 17.3. The van der Waals surface area contributed by atoms with Crippen molar-refractivity contribution in [3.05, 3.63) is 35.1 Å². The Balaban J connectivity index is 3.01. The van der Waals surface area contributed by atoms with Crippen LogP contribution in [0.15, 0.2) is 18.2 Å². The summed E-state index contributed by atoms with van der Waals surface area (Å²) in [6.07, 6.45) is -7.19. The molecule has 94 valence electrons. The summed E-state index contributed by atoms with van der Waals surface area (Å²) in [7, 11) is 0. The average molecular weight is 252 g/mol. The number of hydrogen-bond donors (Lipinski definition) is 2. The SMILES string of the molecule is O=C(O)C(O)Cc1ccc(F)c(C(F)(F)F)c1. The molecular weight excluding hydrogens is 244 g/mol. The van der Waals surface area contributed by atoms with Crippen LogP contribution in [0.1, 0.15) is 11.1 Å². The molecule has 1 aromatic rings. The lowest BCUT2D eigenvalue weighted by Crippen LogP contribution is -2.22. The van der Waals surface area contributed by atoms with E-state index in [1.807, 2.05) is 0 Å². The number of alkyl halides is 3. The zero-order valence-electron chi connectivity index (χ0n) is 8.33. The van der Waals surface area contributed by atoms with E-state index in [0.717, 1.165) is 6.07 Å². The maximum absolute atomic E-state index is 12.9. The van der Waals surface area contributed by atoms with Gasteiger partial charge in [-0.05, 0) is 17.7 Å². The number of rotatable bonds is 3. The molecule has 0 amide bonds. The van der Waals surface area contributed by atoms with E-state index in [4.69, 9.17) is 10.2 Å². The molecule has 0 aromatic heterocycles. The van der Waals surface area contributed by atoms with Gasteiger partial charge in [0.05, 0.1) is 5.56 Å². The molecule has 1 unspecified atom stereocenters. The smallest absolute Gasteiger partial charge is 0.419 e. The standard InChI is InChI=1S/C10H8F4O3/c11-7-2-1-5(4-8(15)9(16)17)3-6(7)10(12,13)14/h1-3,8,15H,4H2,(H,16,17). The molecule has 2 N–H and O–H groups in total. The van der Waals surface area contributed by atoms with Crippen LogP contribution in [-0.4, -0.2) is 22.3 Å². The zero-order chi connectivity index (χ0) is 13.2. The number of carbonyl (C=O) groups is 1. The van der Waals surface area contributed by atoms with Crippen LogP contribution in [0, 0.1) is 5.82 Å². The van der Waals surface area contributed by atoms with Crippen LogP contribution in [0.5, 0.6) is 0 Å². The number of aliphatic carboxylic acids is 1. The summed E-state index contributed by atoms with van der Waals surface area (Å²) < 4.78 is 49.8. The molecule has 3 nitrogen and oxygen atoms in total. The monoisotopic (exact) mass is 252 g/mol. The average Bonchev–Trinajstić information content (AvgIpc) is 2.19. The summed E-state index contributed by atoms with van der Waals surface area (Å²) in [6.45, 7) is 0. The summed E-state index contributed by atoms with van der Waals surface area (Å²) in [5.41, 5.74) is -1.58. The second-order valence-corrected chi connectivity index (χ2v) is 3.37. The van der Waals surface area contributed by atoms with Gasteiger partial charge in [0.1, 0.15) is 5.82 Å². The lowest BCUT2D eigenvalue weighted by atomic mass is 10.0. The number of carboxylic acid groups (broad SMARTS) is 1. The lowest BCUT2D eigenvalue weighted by molar-refractivity contribution is -0.146. The maximum atomic E-state index is 12.9. The second-order valence-electron chi connectivity index (χ2n) is 3.37. The number of aliphatic hydroxyl groups is 1. The van der Waals surface area contributed by atoms with Crippen molar-refractivity contribution in [1.29, 1.82) is 0 Å². The summed E-state index contributed by atoms with van der Waals surface area (Å²) in [4.78, 5) is 10.3. The molecule has 1 aromatic carbocycles. The molecule has 0 aliphatic heterocycles. The molecule has 0 saturated heterocycles. The Bertz CT molecular complexity index is 428. The molecule has 0 saturated carbocycles. The Hall–Kier alpha value is -1.63. The molecule has 0 fully saturated rings. The fourth-order valence-electron chi connectivity index (χ4n) is 1.23. The van der Waals surface area contributed by atoms with Gasteiger partial charge in [-0.25, -0.2) is 9.18 Å². The van der Waals surface area contributed by atoms with Crippen molar-refractivity contribution in [3.63, 3.8) is 0 Å². The normalized spacial score (nSPS) is 13.5. The van der Waals surface area contributed by atoms with Crippen molar-refractivity contribution in [2.75, 3.05) is 0 Å². The minimum absolute atomic E-state index is 0.103. The third kappa shape index (κ3) is 3.42. The highest BCUT2D eigenvalue weighted by atomic mass is 19.4. The van der Waals surface area contributed by atoms with Crippen LogP contribution in [0.4, 0.5) is 17.6 Å². The summed E-state index contributed by atoms with van der Waals surface area (Å²) in [6, 6.07) is 2.07. The molecular formula is C10H8F4O3. The Morgan fingerprint density at radius 2 is 1.94 bits per heavy atom. The van der Waals surface area contributed by atoms with Crippen LogP contribution in [-0.2, 0) is 17.4 Å². The van der Waals surface area contributed by atoms with E-state index in [0.29, 0.717) is 12.1 Å². The fraction of sp³-hybridized carbons (Fsp3) is 0.300. The van der Waals surface area contributed by atoms with E-state index >= 15 is 0 Å². The van der Waals surface area contributed by atoms with Crippen LogP contribution >= 0.6 is 0 Å². The largest absolute Gasteiger partial charge is 0.479 e. The molecule has 0 radical (unpaired) electrons. The Labute approximate surface area is 93.3 Å². The first-order chi connectivity index (χ1) is 7.71. The first-order valence-electron chi connectivity index (χ1n) is 4.48. The van der Waals surface area contributed by atoms with Gasteiger partial charge in [-0.2, -0.15) is 13.2 Å². The van der Waals surface area contributed by atoms with E-state index in [-0.39, 0.29) is 5.56 Å². The van der Waals surface area contributed by atoms with Crippen LogP contribution in [0.25, 0.3) is 0 Å². The molecule has 1 atom stereocenters. The predicted molar refractivity (Wildman–Crippen MR) is 48.7 cm³/mol. The number of halogens is 4. The molecule has 0 aliphatic rings. The summed E-state index contributed by atoms with van der Waals surface area (Å²) in [5.74, 6) is -2.99. The first-order valence-corrected chi connectivity index (χ1v) is 4.48. The third-order valence-electron chi connectivity index (χ3n) is 2.05. The van der Waals surface area contributed by atoms with E-state index in [1.165, 1.54) is 0 Å². The van der Waals surface area contributed by atoms with Crippen molar-refractivity contribution in [2.45, 2.75) is 18.7 Å². The number of hydrogen-bond acceptors (Lipinski definition) is 2. The van der Waals surface area contributed by atoms with Gasteiger partial charge < -0.3 is 10.2 Å². The van der Waals surface area contributed by atoms with Crippen molar-refractivity contribution >= 4 is 5.97 Å². The molecule has 1 rings (SSSR count). The van der Waals surface area contributed by atoms with E-state index in [2.05, 4.69) is 0 Å². The van der Waals surface area contributed by atoms with Gasteiger partial charge >= 0.3 is 12.1 Å². The third-order valence-corrected chi connectivity index (χ3v) is 2.05. The molecule has 0 aliphatic carbocycles. The number of aliphatic hydroxyl groups excluding tert-OH is 1. The molecule has 0 heterocycles. The second kappa shape index (κ2) is 4.70. The quantitative estimate of drug-likeness (QED) is 0.807. The number of carboxylic acids is 1. The van der Waals surface area contributed by atoms with E-state index in [1.54, 1.807) is 0 Å². The number of benzene rings is 1. The van der Waals surface area contributed by atoms with Crippen molar-refractivity contribution < 1.29 is 32.6 Å². The molecule has 17 heavy (non-hydrogen) atoms. The Kier molecular flexibility index (Phi) is 3.72. The molecule has 0 bridgehead atoms. The first kappa shape index (κ1) is 13.4. The van der Waals surface area contributed by atoms with E-state index in [9.17, 15) is 22.4 Å². The minimum Gasteiger partial charge on any atom is -0.479 e. The Morgan fingerprint density at radius 1 is 1.35 bits per heavy atom. The predicted octanol–water partition coefficient (Wildman–Crippen LogP) is 1.83. The van der Waals surface area contributed by atoms with Gasteiger partial charge in [0.25, 0.3) is 0 Å². The van der Waals surface area contributed by atoms with Crippen molar-refractivity contribution in [3.8, 4) is 0 Å². The van der Waals surface area contributed by atoms with Crippen molar-refractivity contribution in [2.24, 2.45) is 0 Å². The van der Waals surface area contributed by atoms with Gasteiger partial charge in [0, 0.05) is 6.42 Å². The highest BCUT2D eigenvalue weighted by Gasteiger charge is 2.34. The van der Waals surface area contributed by atoms with Crippen LogP contribution < -0.4 is 0 Å². The highest BCUT2D eigenvalue weighted by Crippen LogP contribution is 2.32. The van der Waals surface area contributed by atoms with Crippen LogP contribution in [0.2, 0.25) is 0 Å². The maximum Gasteiger partial charge on any atom is 0.419 e. The molecule has 0 spiro atoms. The van der Waals surface area contributed by atoms with E-state index < -0.39 is 36.1 Å². The minimum atomic E-state index is -4.85. The van der Waals surface area contributed by atoms with Gasteiger partial charge in [-0.3, -0.25) is 0 Å². The zero-order valence-corrected chi connectivity index (χ0v) is 8.33. The van der Waals surface area contributed by atoms with Crippen LogP contribution in [0.3, 0.4) is 0 Å². The van der Waals surface area contributed by atoms with Gasteiger partial charge in [-0.15, -0.1) is 0 Å². The van der Waals surface area contributed by atoms with Crippen molar-refractivity contribution in [1.82, 2.24) is 0 Å². The van der Waals surface area contributed by atoms with Gasteiger partial charge in [-0.1, -0.05) is 6.07 Å². The van der Waals surface area contributed by atoms with Gasteiger partial charge in [0.15, 0.2) is 6.10 Å². The lowest BCUT2D eigenvalue weighted by Gasteiger charge is -2.11. The van der Waals surface area contributed by atoms with Gasteiger partial charge in [0.2, 0.25) is 0 Å². The molecule has 7 heteroatoms.